The summed E-state index contributed by atoms with van der Waals surface area (Å²) in [5.41, 5.74) is 3.95. The fourth-order valence-electron chi connectivity index (χ4n) is 3.24. The van der Waals surface area contributed by atoms with Crippen LogP contribution in [0, 0.1) is 25.7 Å². The van der Waals surface area contributed by atoms with E-state index in [0.29, 0.717) is 5.78 Å². The van der Waals surface area contributed by atoms with Crippen molar-refractivity contribution in [2.75, 3.05) is 0 Å². The molecule has 1 aromatic rings. The van der Waals surface area contributed by atoms with Crippen molar-refractivity contribution in [2.24, 2.45) is 11.8 Å². The van der Waals surface area contributed by atoms with Gasteiger partial charge < -0.3 is 0 Å². The number of hydrogen-bond donors (Lipinski definition) is 0. The van der Waals surface area contributed by atoms with E-state index in [0.717, 1.165) is 31.6 Å². The van der Waals surface area contributed by atoms with Crippen LogP contribution in [0.3, 0.4) is 0 Å². The molecule has 0 bridgehead atoms. The highest BCUT2D eigenvalue weighted by atomic mass is 16.1. The lowest BCUT2D eigenvalue weighted by Gasteiger charge is -2.27. The lowest BCUT2D eigenvalue weighted by Crippen LogP contribution is -2.26. The van der Waals surface area contributed by atoms with Crippen LogP contribution < -0.4 is 0 Å². The van der Waals surface area contributed by atoms with Gasteiger partial charge in [-0.3, -0.25) is 4.79 Å². The van der Waals surface area contributed by atoms with Crippen LogP contribution in [0.5, 0.6) is 0 Å². The zero-order valence-electron chi connectivity index (χ0n) is 11.8. The van der Waals surface area contributed by atoms with Gasteiger partial charge in [-0.25, -0.2) is 0 Å². The topological polar surface area (TPSA) is 17.1 Å². The molecule has 0 N–H and O–H groups in total. The average molecular weight is 244 g/mol. The lowest BCUT2D eigenvalue weighted by molar-refractivity contribution is -0.125. The molecular weight excluding hydrogens is 220 g/mol. The Hall–Kier alpha value is -1.11. The van der Waals surface area contributed by atoms with Crippen LogP contribution in [-0.4, -0.2) is 5.78 Å². The molecule has 0 saturated heterocycles. The zero-order valence-corrected chi connectivity index (χ0v) is 11.8. The largest absolute Gasteiger partial charge is 0.299 e. The van der Waals surface area contributed by atoms with E-state index in [1.807, 2.05) is 0 Å². The van der Waals surface area contributed by atoms with Crippen molar-refractivity contribution in [1.82, 2.24) is 0 Å². The monoisotopic (exact) mass is 244 g/mol. The summed E-state index contributed by atoms with van der Waals surface area (Å²) in [5, 5.41) is 0. The summed E-state index contributed by atoms with van der Waals surface area (Å²) in [4.78, 5) is 12.0. The van der Waals surface area contributed by atoms with Crippen LogP contribution in [0.1, 0.15) is 49.3 Å². The number of aryl methyl sites for hydroxylation is 2. The van der Waals surface area contributed by atoms with Gasteiger partial charge >= 0.3 is 0 Å². The molecule has 1 saturated carbocycles. The summed E-state index contributed by atoms with van der Waals surface area (Å²) in [6, 6.07) is 6.66. The number of ketones is 1. The van der Waals surface area contributed by atoms with E-state index in [2.05, 4.69) is 39.0 Å². The van der Waals surface area contributed by atoms with Gasteiger partial charge in [0.2, 0.25) is 0 Å². The first-order valence-electron chi connectivity index (χ1n) is 7.18. The predicted octanol–water partition coefficient (Wildman–Crippen LogP) is 4.24. The second-order valence-corrected chi connectivity index (χ2v) is 5.91. The Morgan fingerprint density at radius 3 is 2.44 bits per heavy atom. The normalized spacial score (nSPS) is 24.3. The molecule has 1 nitrogen and oxygen atoms in total. The first-order valence-corrected chi connectivity index (χ1v) is 7.18. The van der Waals surface area contributed by atoms with Gasteiger partial charge in [-0.1, -0.05) is 42.7 Å². The molecule has 0 heterocycles. The molecule has 1 fully saturated rings. The Labute approximate surface area is 111 Å². The molecular formula is C17H24O. The van der Waals surface area contributed by atoms with Crippen molar-refractivity contribution in [3.05, 3.63) is 34.9 Å². The van der Waals surface area contributed by atoms with Crippen LogP contribution in [-0.2, 0) is 11.2 Å². The Balaban J connectivity index is 2.09. The fourth-order valence-corrected chi connectivity index (χ4v) is 3.24. The molecule has 0 aliphatic heterocycles. The summed E-state index contributed by atoms with van der Waals surface area (Å²) in [5.74, 6) is 1.52. The summed E-state index contributed by atoms with van der Waals surface area (Å²) in [7, 11) is 0. The van der Waals surface area contributed by atoms with Gasteiger partial charge in [0.1, 0.15) is 5.78 Å². The van der Waals surface area contributed by atoms with E-state index in [-0.39, 0.29) is 5.92 Å². The third-order valence-electron chi connectivity index (χ3n) is 4.21. The molecule has 0 amide bonds. The molecule has 1 aliphatic carbocycles. The van der Waals surface area contributed by atoms with Crippen LogP contribution in [0.4, 0.5) is 0 Å². The van der Waals surface area contributed by atoms with Crippen molar-refractivity contribution in [3.63, 3.8) is 0 Å². The highest BCUT2D eigenvalue weighted by Crippen LogP contribution is 2.31. The molecule has 2 rings (SSSR count). The smallest absolute Gasteiger partial charge is 0.136 e. The number of Topliss-reactive ketones (excluding diaryl/α,β-unsaturated/α-hetero) is 1. The molecule has 0 radical (unpaired) electrons. The fraction of sp³-hybridized carbons (Fsp3) is 0.588. The van der Waals surface area contributed by atoms with Gasteiger partial charge in [-0.15, -0.1) is 0 Å². The summed E-state index contributed by atoms with van der Waals surface area (Å²) in [6.45, 7) is 6.51. The van der Waals surface area contributed by atoms with E-state index in [9.17, 15) is 4.79 Å². The van der Waals surface area contributed by atoms with Gasteiger partial charge in [-0.2, -0.15) is 0 Å². The molecule has 18 heavy (non-hydrogen) atoms. The zero-order chi connectivity index (χ0) is 13.1. The third-order valence-corrected chi connectivity index (χ3v) is 4.21. The Kier molecular flexibility index (Phi) is 4.21. The van der Waals surface area contributed by atoms with Gasteiger partial charge in [-0.05, 0) is 44.6 Å². The van der Waals surface area contributed by atoms with Crippen LogP contribution >= 0.6 is 0 Å². The molecule has 1 heteroatoms. The number of hydrogen-bond acceptors (Lipinski definition) is 1. The first kappa shape index (κ1) is 13.3. The Morgan fingerprint density at radius 2 is 1.83 bits per heavy atom. The molecule has 1 aromatic carbocycles. The number of benzene rings is 1. The molecule has 2 unspecified atom stereocenters. The minimum atomic E-state index is 0.268. The van der Waals surface area contributed by atoms with Crippen LogP contribution in [0.25, 0.3) is 0 Å². The highest BCUT2D eigenvalue weighted by molar-refractivity contribution is 5.82. The maximum absolute atomic E-state index is 12.0. The predicted molar refractivity (Wildman–Crippen MR) is 75.7 cm³/mol. The third kappa shape index (κ3) is 3.22. The van der Waals surface area contributed by atoms with Crippen molar-refractivity contribution < 1.29 is 4.79 Å². The Bertz CT molecular complexity index is 413. The molecule has 98 valence electrons. The van der Waals surface area contributed by atoms with Gasteiger partial charge in [0.25, 0.3) is 0 Å². The van der Waals surface area contributed by atoms with Gasteiger partial charge in [0.15, 0.2) is 0 Å². The van der Waals surface area contributed by atoms with E-state index in [1.54, 1.807) is 0 Å². The van der Waals surface area contributed by atoms with Crippen molar-refractivity contribution in [1.29, 1.82) is 0 Å². The SMILES string of the molecule is CCC1CCC(=O)C(Cc2cc(C)cc(C)c2)C1. The summed E-state index contributed by atoms with van der Waals surface area (Å²) < 4.78 is 0. The quantitative estimate of drug-likeness (QED) is 0.777. The number of rotatable bonds is 3. The average Bonchev–Trinajstić information content (AvgIpc) is 2.30. The van der Waals surface area contributed by atoms with Crippen LogP contribution in [0.15, 0.2) is 18.2 Å². The van der Waals surface area contributed by atoms with E-state index in [4.69, 9.17) is 0 Å². The van der Waals surface area contributed by atoms with Gasteiger partial charge in [0.05, 0.1) is 0 Å². The minimum absolute atomic E-state index is 0.268. The molecule has 1 aliphatic rings. The number of carbonyl (C=O) groups excluding carboxylic acids is 1. The minimum Gasteiger partial charge on any atom is -0.299 e. The van der Waals surface area contributed by atoms with E-state index in [1.165, 1.54) is 23.1 Å². The lowest BCUT2D eigenvalue weighted by atomic mass is 9.76. The van der Waals surface area contributed by atoms with Crippen LogP contribution in [0.2, 0.25) is 0 Å². The first-order chi connectivity index (χ1) is 8.58. The maximum Gasteiger partial charge on any atom is 0.136 e. The molecule has 0 aromatic heterocycles. The summed E-state index contributed by atoms with van der Waals surface area (Å²) >= 11 is 0. The maximum atomic E-state index is 12.0. The summed E-state index contributed by atoms with van der Waals surface area (Å²) in [6.07, 6.45) is 5.17. The second-order valence-electron chi connectivity index (χ2n) is 5.91. The molecule has 2 atom stereocenters. The van der Waals surface area contributed by atoms with Crippen molar-refractivity contribution >= 4 is 5.78 Å². The van der Waals surface area contributed by atoms with E-state index < -0.39 is 0 Å². The van der Waals surface area contributed by atoms with E-state index >= 15 is 0 Å². The standard InChI is InChI=1S/C17H24O/c1-4-14-5-6-17(18)16(10-14)11-15-8-12(2)7-13(3)9-15/h7-9,14,16H,4-6,10-11H2,1-3H3. The Morgan fingerprint density at radius 1 is 1.17 bits per heavy atom. The van der Waals surface area contributed by atoms with Crippen molar-refractivity contribution in [2.45, 2.75) is 52.9 Å². The second kappa shape index (κ2) is 5.69. The number of carbonyl (C=O) groups is 1. The van der Waals surface area contributed by atoms with Crippen molar-refractivity contribution in [3.8, 4) is 0 Å². The highest BCUT2D eigenvalue weighted by Gasteiger charge is 2.27. The van der Waals surface area contributed by atoms with Gasteiger partial charge in [0, 0.05) is 12.3 Å². The molecule has 0 spiro atoms.